The number of aliphatic imine (C=N–C) groups is 2. The monoisotopic (exact) mass is 416 g/mol. The third kappa shape index (κ3) is 3.04. The van der Waals surface area contributed by atoms with Crippen LogP contribution in [0.1, 0.15) is 18.1 Å². The number of para-hydroxylation sites is 1. The lowest BCUT2D eigenvalue weighted by Gasteiger charge is -2.27. The standard InChI is InChI=1S/C19H15F3N6O2/c1-10(29)28-14-8-3-2-7-13(14)18(15(28)30)26-16(23)25-17(27-18)24-12-6-4-5-11(9-12)19(20,21)22/h2-9H,1H3,(H4,23,24,25,26,27)/t18-/m1/s1. The van der Waals surface area contributed by atoms with Crippen molar-refractivity contribution >= 4 is 35.1 Å². The number of carbonyl (C=O) groups excluding carboxylic acids is 2. The average Bonchev–Trinajstić information content (AvgIpc) is 2.89. The fourth-order valence-corrected chi connectivity index (χ4v) is 3.38. The minimum Gasteiger partial charge on any atom is -0.370 e. The summed E-state index contributed by atoms with van der Waals surface area (Å²) in [5, 5.41) is 5.29. The van der Waals surface area contributed by atoms with Crippen molar-refractivity contribution in [2.75, 3.05) is 10.2 Å². The summed E-state index contributed by atoms with van der Waals surface area (Å²) in [6.07, 6.45) is -4.52. The summed E-state index contributed by atoms with van der Waals surface area (Å²) < 4.78 is 39.0. The van der Waals surface area contributed by atoms with Crippen LogP contribution in [0.15, 0.2) is 58.5 Å². The quantitative estimate of drug-likeness (QED) is 0.660. The fourth-order valence-electron chi connectivity index (χ4n) is 3.38. The molecule has 154 valence electrons. The predicted molar refractivity (Wildman–Crippen MR) is 104 cm³/mol. The Morgan fingerprint density at radius 1 is 1.17 bits per heavy atom. The summed E-state index contributed by atoms with van der Waals surface area (Å²) in [7, 11) is 0. The van der Waals surface area contributed by atoms with Gasteiger partial charge in [-0.15, -0.1) is 0 Å². The average molecular weight is 416 g/mol. The summed E-state index contributed by atoms with van der Waals surface area (Å²) in [5.74, 6) is -1.54. The van der Waals surface area contributed by atoms with Gasteiger partial charge in [-0.05, 0) is 24.3 Å². The normalized spacial score (nSPS) is 20.4. The van der Waals surface area contributed by atoms with Gasteiger partial charge in [0.05, 0.1) is 11.3 Å². The number of imide groups is 1. The number of hydrogen-bond donors (Lipinski definition) is 3. The van der Waals surface area contributed by atoms with Gasteiger partial charge in [0.2, 0.25) is 11.9 Å². The minimum atomic E-state index is -4.52. The number of nitrogens with one attached hydrogen (secondary N) is 2. The van der Waals surface area contributed by atoms with Crippen LogP contribution in [-0.2, 0) is 21.4 Å². The van der Waals surface area contributed by atoms with Crippen molar-refractivity contribution in [2.45, 2.75) is 18.8 Å². The van der Waals surface area contributed by atoms with E-state index in [1.54, 1.807) is 24.3 Å². The summed E-state index contributed by atoms with van der Waals surface area (Å²) in [5.41, 5.74) is 3.86. The van der Waals surface area contributed by atoms with Gasteiger partial charge in [0, 0.05) is 18.2 Å². The van der Waals surface area contributed by atoms with E-state index in [0.717, 1.165) is 17.0 Å². The highest BCUT2D eigenvalue weighted by atomic mass is 19.4. The summed E-state index contributed by atoms with van der Waals surface area (Å²) in [6.45, 7) is 1.23. The number of anilines is 2. The molecule has 0 aromatic heterocycles. The highest BCUT2D eigenvalue weighted by molar-refractivity contribution is 6.24. The second-order valence-corrected chi connectivity index (χ2v) is 6.63. The first-order valence-corrected chi connectivity index (χ1v) is 8.73. The van der Waals surface area contributed by atoms with Gasteiger partial charge in [0.1, 0.15) is 0 Å². The Bertz CT molecular complexity index is 1130. The van der Waals surface area contributed by atoms with Gasteiger partial charge in [-0.2, -0.15) is 13.2 Å². The molecule has 2 aliphatic rings. The Balaban J connectivity index is 1.78. The number of nitrogens with two attached hydrogens (primary N) is 1. The highest BCUT2D eigenvalue weighted by Gasteiger charge is 2.54. The molecule has 0 saturated carbocycles. The van der Waals surface area contributed by atoms with E-state index >= 15 is 0 Å². The molecule has 1 spiro atoms. The first-order chi connectivity index (χ1) is 14.1. The van der Waals surface area contributed by atoms with Crippen molar-refractivity contribution < 1.29 is 22.8 Å². The summed E-state index contributed by atoms with van der Waals surface area (Å²) in [4.78, 5) is 34.6. The molecule has 2 heterocycles. The molecule has 0 bridgehead atoms. The largest absolute Gasteiger partial charge is 0.416 e. The van der Waals surface area contributed by atoms with Crippen molar-refractivity contribution in [3.05, 3.63) is 59.7 Å². The lowest BCUT2D eigenvalue weighted by molar-refractivity contribution is -0.137. The number of rotatable bonds is 1. The Morgan fingerprint density at radius 2 is 1.90 bits per heavy atom. The van der Waals surface area contributed by atoms with Gasteiger partial charge < -0.3 is 11.1 Å². The SMILES string of the molecule is CC(=O)N1C(=O)[C@@]2(N=C(N)NC(Nc3cccc(C(F)(F)F)c3)=N2)c2ccccc21. The van der Waals surface area contributed by atoms with Crippen molar-refractivity contribution in [1.29, 1.82) is 0 Å². The molecule has 30 heavy (non-hydrogen) atoms. The van der Waals surface area contributed by atoms with E-state index in [9.17, 15) is 22.8 Å². The first kappa shape index (κ1) is 19.4. The van der Waals surface area contributed by atoms with Crippen LogP contribution < -0.4 is 21.3 Å². The molecule has 2 aromatic rings. The Hall–Kier alpha value is -3.89. The van der Waals surface area contributed by atoms with Crippen molar-refractivity contribution in [3.63, 3.8) is 0 Å². The molecule has 2 aromatic carbocycles. The maximum absolute atomic E-state index is 13.1. The third-order valence-corrected chi connectivity index (χ3v) is 4.59. The van der Waals surface area contributed by atoms with Crippen LogP contribution in [0.5, 0.6) is 0 Å². The maximum Gasteiger partial charge on any atom is 0.416 e. The van der Waals surface area contributed by atoms with Gasteiger partial charge in [-0.1, -0.05) is 24.3 Å². The van der Waals surface area contributed by atoms with Crippen LogP contribution in [-0.4, -0.2) is 23.7 Å². The van der Waals surface area contributed by atoms with E-state index in [-0.39, 0.29) is 17.6 Å². The van der Waals surface area contributed by atoms with Crippen LogP contribution in [0.25, 0.3) is 0 Å². The molecule has 11 heteroatoms. The second kappa shape index (κ2) is 6.58. The number of carbonyl (C=O) groups is 2. The van der Waals surface area contributed by atoms with Crippen LogP contribution >= 0.6 is 0 Å². The number of guanidine groups is 2. The van der Waals surface area contributed by atoms with E-state index in [0.29, 0.717) is 11.3 Å². The molecule has 4 rings (SSSR count). The molecule has 2 aliphatic heterocycles. The van der Waals surface area contributed by atoms with Crippen molar-refractivity contribution in [3.8, 4) is 0 Å². The number of alkyl halides is 3. The van der Waals surface area contributed by atoms with Gasteiger partial charge in [-0.25, -0.2) is 14.9 Å². The Morgan fingerprint density at radius 3 is 2.60 bits per heavy atom. The van der Waals surface area contributed by atoms with Gasteiger partial charge >= 0.3 is 6.18 Å². The van der Waals surface area contributed by atoms with Crippen molar-refractivity contribution in [2.24, 2.45) is 15.7 Å². The number of halogens is 3. The molecule has 0 radical (unpaired) electrons. The molecule has 0 fully saturated rings. The highest BCUT2D eigenvalue weighted by Crippen LogP contribution is 2.44. The lowest BCUT2D eigenvalue weighted by atomic mass is 10.0. The zero-order valence-electron chi connectivity index (χ0n) is 15.5. The second-order valence-electron chi connectivity index (χ2n) is 6.63. The molecular formula is C19H15F3N6O2. The summed E-state index contributed by atoms with van der Waals surface area (Å²) >= 11 is 0. The number of benzene rings is 2. The summed E-state index contributed by atoms with van der Waals surface area (Å²) in [6, 6.07) is 10.9. The van der Waals surface area contributed by atoms with Crippen LogP contribution in [0.2, 0.25) is 0 Å². The lowest BCUT2D eigenvalue weighted by Crippen LogP contribution is -2.51. The topological polar surface area (TPSA) is 112 Å². The number of amides is 2. The van der Waals surface area contributed by atoms with Crippen LogP contribution in [0.4, 0.5) is 24.5 Å². The van der Waals surface area contributed by atoms with E-state index < -0.39 is 29.2 Å². The van der Waals surface area contributed by atoms with E-state index in [1.807, 2.05) is 0 Å². The molecule has 0 aliphatic carbocycles. The molecule has 0 saturated heterocycles. The third-order valence-electron chi connectivity index (χ3n) is 4.59. The van der Waals surface area contributed by atoms with Gasteiger partial charge in [0.15, 0.2) is 5.96 Å². The molecule has 1 atom stereocenters. The fraction of sp³-hybridized carbons (Fsp3) is 0.158. The van der Waals surface area contributed by atoms with E-state index in [4.69, 9.17) is 5.73 Å². The zero-order chi connectivity index (χ0) is 21.7. The molecule has 8 nitrogen and oxygen atoms in total. The molecule has 2 amide bonds. The van der Waals surface area contributed by atoms with Gasteiger partial charge in [-0.3, -0.25) is 14.9 Å². The zero-order valence-corrected chi connectivity index (χ0v) is 15.5. The number of hydrogen-bond acceptors (Lipinski definition) is 7. The molecular weight excluding hydrogens is 401 g/mol. The van der Waals surface area contributed by atoms with Crippen molar-refractivity contribution in [1.82, 2.24) is 5.32 Å². The Kier molecular flexibility index (Phi) is 4.26. The van der Waals surface area contributed by atoms with Crippen LogP contribution in [0, 0.1) is 0 Å². The maximum atomic E-state index is 13.1. The Labute approximate surface area is 168 Å². The minimum absolute atomic E-state index is 0.0723. The van der Waals surface area contributed by atoms with Crippen LogP contribution in [0.3, 0.4) is 0 Å². The molecule has 4 N–H and O–H groups in total. The van der Waals surface area contributed by atoms with E-state index in [1.165, 1.54) is 19.1 Å². The van der Waals surface area contributed by atoms with E-state index in [2.05, 4.69) is 20.6 Å². The number of fused-ring (bicyclic) bond motifs is 2. The number of nitrogens with zero attached hydrogens (tertiary/aromatic N) is 3. The molecule has 0 unspecified atom stereocenters. The first-order valence-electron chi connectivity index (χ1n) is 8.73. The predicted octanol–water partition coefficient (Wildman–Crippen LogP) is 2.14. The van der Waals surface area contributed by atoms with Gasteiger partial charge in [0.25, 0.3) is 11.6 Å². The smallest absolute Gasteiger partial charge is 0.370 e.